The molecule has 0 radical (unpaired) electrons. The molecule has 0 aliphatic carbocycles. The van der Waals surface area contributed by atoms with Crippen LogP contribution in [0.2, 0.25) is 0 Å². The molecule has 2 aromatic carbocycles. The number of ether oxygens (including phenoxy) is 1. The van der Waals surface area contributed by atoms with E-state index in [9.17, 15) is 9.59 Å². The van der Waals surface area contributed by atoms with Gasteiger partial charge in [0.25, 0.3) is 0 Å². The summed E-state index contributed by atoms with van der Waals surface area (Å²) in [5.74, 6) is -0.481. The maximum Gasteiger partial charge on any atom is 0.243 e. The van der Waals surface area contributed by atoms with Crippen molar-refractivity contribution in [2.45, 2.75) is 6.61 Å². The number of hydrogen-bond donors (Lipinski definition) is 1. The molecular formula is C16H15NO3. The van der Waals surface area contributed by atoms with Gasteiger partial charge in [0, 0.05) is 5.56 Å². The summed E-state index contributed by atoms with van der Waals surface area (Å²) in [5.41, 5.74) is 8.67. The molecule has 0 saturated carbocycles. The van der Waals surface area contributed by atoms with E-state index in [4.69, 9.17) is 10.5 Å². The molecule has 0 unspecified atom stereocenters. The molecule has 0 saturated heterocycles. The van der Waals surface area contributed by atoms with Gasteiger partial charge in [0.2, 0.25) is 5.91 Å². The number of carbonyl (C=O) groups is 2. The predicted octanol–water partition coefficient (Wildman–Crippen LogP) is 2.17. The van der Waals surface area contributed by atoms with Gasteiger partial charge in [-0.2, -0.15) is 0 Å². The van der Waals surface area contributed by atoms with E-state index in [-0.39, 0.29) is 6.61 Å². The van der Waals surface area contributed by atoms with Gasteiger partial charge in [-0.05, 0) is 22.8 Å². The van der Waals surface area contributed by atoms with E-state index in [2.05, 4.69) is 0 Å². The van der Waals surface area contributed by atoms with Gasteiger partial charge in [-0.1, -0.05) is 42.5 Å². The van der Waals surface area contributed by atoms with Crippen LogP contribution in [0.15, 0.2) is 48.5 Å². The molecular weight excluding hydrogens is 254 g/mol. The molecule has 0 heterocycles. The Balaban J connectivity index is 2.11. The van der Waals surface area contributed by atoms with Crippen molar-refractivity contribution >= 4 is 12.2 Å². The number of carbonyl (C=O) groups excluding carboxylic acids is 2. The van der Waals surface area contributed by atoms with Crippen molar-refractivity contribution < 1.29 is 14.3 Å². The Morgan fingerprint density at radius 2 is 1.85 bits per heavy atom. The topological polar surface area (TPSA) is 69.4 Å². The number of benzene rings is 2. The van der Waals surface area contributed by atoms with Crippen LogP contribution in [0.25, 0.3) is 11.1 Å². The average molecular weight is 269 g/mol. The van der Waals surface area contributed by atoms with Crippen molar-refractivity contribution in [1.82, 2.24) is 0 Å². The number of aldehydes is 1. The van der Waals surface area contributed by atoms with Crippen LogP contribution >= 0.6 is 0 Å². The van der Waals surface area contributed by atoms with Crippen LogP contribution in [-0.2, 0) is 16.1 Å². The molecule has 4 heteroatoms. The fourth-order valence-electron chi connectivity index (χ4n) is 1.86. The quantitative estimate of drug-likeness (QED) is 0.817. The number of nitrogens with two attached hydrogens (primary N) is 1. The molecule has 0 fully saturated rings. The number of amides is 1. The third kappa shape index (κ3) is 3.76. The Bertz CT molecular complexity index is 605. The number of primary amides is 1. The monoisotopic (exact) mass is 269 g/mol. The van der Waals surface area contributed by atoms with Gasteiger partial charge in [0.15, 0.2) is 0 Å². The zero-order valence-corrected chi connectivity index (χ0v) is 10.9. The summed E-state index contributed by atoms with van der Waals surface area (Å²) in [6.07, 6.45) is 0.817. The smallest absolute Gasteiger partial charge is 0.243 e. The minimum Gasteiger partial charge on any atom is -0.368 e. The third-order valence-corrected chi connectivity index (χ3v) is 2.82. The van der Waals surface area contributed by atoms with Crippen molar-refractivity contribution in [3.8, 4) is 11.1 Å². The molecule has 102 valence electrons. The summed E-state index contributed by atoms with van der Waals surface area (Å²) in [6, 6.07) is 15.2. The minimum atomic E-state index is -0.481. The highest BCUT2D eigenvalue weighted by Gasteiger charge is 2.01. The standard InChI is InChI=1S/C16H15NO3/c17-16(19)11-20-10-13-2-1-3-15(8-13)14-6-4-12(9-18)5-7-14/h1-9H,10-11H2,(H2,17,19). The van der Waals surface area contributed by atoms with E-state index in [1.807, 2.05) is 36.4 Å². The van der Waals surface area contributed by atoms with E-state index in [0.717, 1.165) is 23.0 Å². The van der Waals surface area contributed by atoms with Gasteiger partial charge in [-0.25, -0.2) is 0 Å². The van der Waals surface area contributed by atoms with Gasteiger partial charge >= 0.3 is 0 Å². The van der Waals surface area contributed by atoms with Crippen LogP contribution in [0.4, 0.5) is 0 Å². The normalized spacial score (nSPS) is 10.2. The van der Waals surface area contributed by atoms with E-state index in [1.165, 1.54) is 0 Å². The summed E-state index contributed by atoms with van der Waals surface area (Å²) in [5, 5.41) is 0. The fraction of sp³-hybridized carbons (Fsp3) is 0.125. The third-order valence-electron chi connectivity index (χ3n) is 2.82. The maximum atomic E-state index is 10.6. The SMILES string of the molecule is NC(=O)COCc1cccc(-c2ccc(C=O)cc2)c1. The molecule has 0 bridgehead atoms. The first-order valence-corrected chi connectivity index (χ1v) is 6.19. The van der Waals surface area contributed by atoms with Crippen LogP contribution in [0.1, 0.15) is 15.9 Å². The van der Waals surface area contributed by atoms with Crippen LogP contribution < -0.4 is 5.73 Å². The summed E-state index contributed by atoms with van der Waals surface area (Å²) in [7, 11) is 0. The average Bonchev–Trinajstić information content (AvgIpc) is 2.47. The fourth-order valence-corrected chi connectivity index (χ4v) is 1.86. The Morgan fingerprint density at radius 3 is 2.50 bits per heavy atom. The minimum absolute atomic E-state index is 0.0851. The number of rotatable bonds is 6. The molecule has 2 N–H and O–H groups in total. The lowest BCUT2D eigenvalue weighted by Crippen LogP contribution is -2.17. The van der Waals surface area contributed by atoms with Crippen LogP contribution in [-0.4, -0.2) is 18.8 Å². The summed E-state index contributed by atoms with van der Waals surface area (Å²) >= 11 is 0. The molecule has 0 atom stereocenters. The molecule has 4 nitrogen and oxygen atoms in total. The van der Waals surface area contributed by atoms with E-state index in [1.54, 1.807) is 12.1 Å². The molecule has 0 spiro atoms. The van der Waals surface area contributed by atoms with Crippen LogP contribution in [0.5, 0.6) is 0 Å². The first-order valence-electron chi connectivity index (χ1n) is 6.19. The molecule has 2 aromatic rings. The Hall–Kier alpha value is -2.46. The summed E-state index contributed by atoms with van der Waals surface area (Å²) < 4.78 is 5.19. The molecule has 2 rings (SSSR count). The Kier molecular flexibility index (Phi) is 4.63. The van der Waals surface area contributed by atoms with Crippen LogP contribution in [0, 0.1) is 0 Å². The Morgan fingerprint density at radius 1 is 1.10 bits per heavy atom. The second kappa shape index (κ2) is 6.63. The summed E-state index contributed by atoms with van der Waals surface area (Å²) in [4.78, 5) is 21.2. The molecule has 1 amide bonds. The van der Waals surface area contributed by atoms with E-state index in [0.29, 0.717) is 12.2 Å². The lowest BCUT2D eigenvalue weighted by Gasteiger charge is -2.06. The molecule has 0 aliphatic rings. The van der Waals surface area contributed by atoms with Crippen LogP contribution in [0.3, 0.4) is 0 Å². The lowest BCUT2D eigenvalue weighted by atomic mass is 10.0. The Labute approximate surface area is 117 Å². The van der Waals surface area contributed by atoms with E-state index >= 15 is 0 Å². The first-order chi connectivity index (χ1) is 9.69. The predicted molar refractivity (Wildman–Crippen MR) is 76.1 cm³/mol. The van der Waals surface area contributed by atoms with Gasteiger partial charge in [-0.15, -0.1) is 0 Å². The maximum absolute atomic E-state index is 10.6. The van der Waals surface area contributed by atoms with Gasteiger partial charge in [-0.3, -0.25) is 9.59 Å². The van der Waals surface area contributed by atoms with Crippen molar-refractivity contribution in [3.05, 3.63) is 59.7 Å². The first kappa shape index (κ1) is 14.0. The molecule has 0 aliphatic heterocycles. The summed E-state index contributed by atoms with van der Waals surface area (Å²) in [6.45, 7) is 0.251. The highest BCUT2D eigenvalue weighted by atomic mass is 16.5. The highest BCUT2D eigenvalue weighted by molar-refractivity contribution is 5.77. The zero-order valence-electron chi connectivity index (χ0n) is 10.9. The second-order valence-corrected chi connectivity index (χ2v) is 4.40. The van der Waals surface area contributed by atoms with Gasteiger partial charge < -0.3 is 10.5 Å². The van der Waals surface area contributed by atoms with Crippen molar-refractivity contribution in [3.63, 3.8) is 0 Å². The number of hydrogen-bond acceptors (Lipinski definition) is 3. The molecule has 20 heavy (non-hydrogen) atoms. The van der Waals surface area contributed by atoms with Crippen molar-refractivity contribution in [2.24, 2.45) is 5.73 Å². The largest absolute Gasteiger partial charge is 0.368 e. The van der Waals surface area contributed by atoms with Gasteiger partial charge in [0.05, 0.1) is 6.61 Å². The van der Waals surface area contributed by atoms with Crippen molar-refractivity contribution in [2.75, 3.05) is 6.61 Å². The van der Waals surface area contributed by atoms with Gasteiger partial charge in [0.1, 0.15) is 12.9 Å². The molecule has 0 aromatic heterocycles. The zero-order chi connectivity index (χ0) is 14.4. The highest BCUT2D eigenvalue weighted by Crippen LogP contribution is 2.21. The van der Waals surface area contributed by atoms with Crippen molar-refractivity contribution in [1.29, 1.82) is 0 Å². The van der Waals surface area contributed by atoms with E-state index < -0.39 is 5.91 Å². The lowest BCUT2D eigenvalue weighted by molar-refractivity contribution is -0.122. The second-order valence-electron chi connectivity index (χ2n) is 4.40.